The molecule has 1 saturated heterocycles. The summed E-state index contributed by atoms with van der Waals surface area (Å²) >= 11 is 0. The van der Waals surface area contributed by atoms with Crippen molar-refractivity contribution in [1.29, 1.82) is 0 Å². The second-order valence-corrected chi connectivity index (χ2v) is 7.53. The van der Waals surface area contributed by atoms with Gasteiger partial charge in [-0.15, -0.1) is 0 Å². The Bertz CT molecular complexity index is 539. The maximum atomic E-state index is 12.7. The van der Waals surface area contributed by atoms with Gasteiger partial charge in [0.05, 0.1) is 4.90 Å². The Morgan fingerprint density at radius 1 is 1.30 bits per heavy atom. The van der Waals surface area contributed by atoms with Crippen LogP contribution in [0.1, 0.15) is 38.7 Å². The number of hydrogen-bond acceptors (Lipinski definition) is 3. The van der Waals surface area contributed by atoms with Crippen LogP contribution in [0.25, 0.3) is 0 Å². The van der Waals surface area contributed by atoms with Crippen LogP contribution < -0.4 is 5.73 Å². The van der Waals surface area contributed by atoms with E-state index in [1.807, 2.05) is 19.1 Å². The maximum Gasteiger partial charge on any atom is 0.243 e. The second-order valence-electron chi connectivity index (χ2n) is 5.64. The SMILES string of the molecule is CCCc1ccc(S(=O)(=O)N2CC[C@H](N)C[C@H]2C)cc1. The fraction of sp³-hybridized carbons (Fsp3) is 0.600. The van der Waals surface area contributed by atoms with Crippen LogP contribution in [0, 0.1) is 0 Å². The molecule has 2 rings (SSSR count). The second kappa shape index (κ2) is 6.24. The van der Waals surface area contributed by atoms with Gasteiger partial charge in [0, 0.05) is 18.6 Å². The third-order valence-corrected chi connectivity index (χ3v) is 5.95. The molecular formula is C15H24N2O2S. The Labute approximate surface area is 122 Å². The molecule has 2 atom stereocenters. The van der Waals surface area contributed by atoms with Crippen molar-refractivity contribution >= 4 is 10.0 Å². The number of sulfonamides is 1. The predicted molar refractivity (Wildman–Crippen MR) is 81.0 cm³/mol. The molecule has 4 nitrogen and oxygen atoms in total. The fourth-order valence-corrected chi connectivity index (χ4v) is 4.45. The predicted octanol–water partition coefficient (Wildman–Crippen LogP) is 2.14. The summed E-state index contributed by atoms with van der Waals surface area (Å²) < 4.78 is 26.9. The summed E-state index contributed by atoms with van der Waals surface area (Å²) in [5.41, 5.74) is 7.08. The number of rotatable bonds is 4. The molecule has 1 heterocycles. The fourth-order valence-electron chi connectivity index (χ4n) is 2.80. The van der Waals surface area contributed by atoms with E-state index in [2.05, 4.69) is 6.92 Å². The van der Waals surface area contributed by atoms with Crippen LogP contribution in [0.2, 0.25) is 0 Å². The number of benzene rings is 1. The molecule has 0 radical (unpaired) electrons. The minimum absolute atomic E-state index is 0.0286. The van der Waals surface area contributed by atoms with Crippen molar-refractivity contribution < 1.29 is 8.42 Å². The molecule has 0 bridgehead atoms. The molecule has 1 aromatic carbocycles. The Hall–Kier alpha value is -0.910. The van der Waals surface area contributed by atoms with Crippen LogP contribution in [0.4, 0.5) is 0 Å². The number of aryl methyl sites for hydroxylation is 1. The number of nitrogens with zero attached hydrogens (tertiary/aromatic N) is 1. The van der Waals surface area contributed by atoms with Crippen molar-refractivity contribution in [3.8, 4) is 0 Å². The Balaban J connectivity index is 2.21. The van der Waals surface area contributed by atoms with E-state index in [0.29, 0.717) is 11.4 Å². The molecule has 0 aromatic heterocycles. The molecule has 1 fully saturated rings. The topological polar surface area (TPSA) is 63.4 Å². The molecule has 0 spiro atoms. The molecule has 0 aliphatic carbocycles. The standard InChI is InChI=1S/C15H24N2O2S/c1-3-4-13-5-7-15(8-6-13)20(18,19)17-10-9-14(16)11-12(17)2/h5-8,12,14H,3-4,9-11,16H2,1-2H3/t12-,14+/m1/s1. The highest BCUT2D eigenvalue weighted by atomic mass is 32.2. The van der Waals surface area contributed by atoms with Crippen LogP contribution in [0.3, 0.4) is 0 Å². The van der Waals surface area contributed by atoms with Gasteiger partial charge in [-0.25, -0.2) is 8.42 Å². The van der Waals surface area contributed by atoms with E-state index >= 15 is 0 Å². The highest BCUT2D eigenvalue weighted by Gasteiger charge is 2.33. The minimum atomic E-state index is -3.39. The summed E-state index contributed by atoms with van der Waals surface area (Å²) in [6.07, 6.45) is 3.51. The quantitative estimate of drug-likeness (QED) is 0.926. The molecule has 0 amide bonds. The lowest BCUT2D eigenvalue weighted by molar-refractivity contribution is 0.247. The van der Waals surface area contributed by atoms with Crippen LogP contribution in [-0.4, -0.2) is 31.4 Å². The Morgan fingerprint density at radius 2 is 1.95 bits per heavy atom. The first-order valence-electron chi connectivity index (χ1n) is 7.31. The van der Waals surface area contributed by atoms with Gasteiger partial charge in [-0.3, -0.25) is 0 Å². The molecule has 5 heteroatoms. The average Bonchev–Trinajstić information content (AvgIpc) is 2.39. The van der Waals surface area contributed by atoms with Gasteiger partial charge >= 0.3 is 0 Å². The first-order valence-corrected chi connectivity index (χ1v) is 8.75. The van der Waals surface area contributed by atoms with E-state index in [4.69, 9.17) is 5.73 Å². The van der Waals surface area contributed by atoms with Crippen molar-refractivity contribution in [2.24, 2.45) is 5.73 Å². The van der Waals surface area contributed by atoms with Gasteiger partial charge in [0.25, 0.3) is 0 Å². The van der Waals surface area contributed by atoms with Crippen LogP contribution >= 0.6 is 0 Å². The van der Waals surface area contributed by atoms with E-state index in [9.17, 15) is 8.42 Å². The summed E-state index contributed by atoms with van der Waals surface area (Å²) in [7, 11) is -3.39. The van der Waals surface area contributed by atoms with E-state index in [-0.39, 0.29) is 12.1 Å². The summed E-state index contributed by atoms with van der Waals surface area (Å²) in [4.78, 5) is 0.389. The molecule has 0 unspecified atom stereocenters. The summed E-state index contributed by atoms with van der Waals surface area (Å²) in [5, 5.41) is 0. The number of piperidine rings is 1. The zero-order valence-electron chi connectivity index (χ0n) is 12.2. The lowest BCUT2D eigenvalue weighted by Gasteiger charge is -2.35. The summed E-state index contributed by atoms with van der Waals surface area (Å²) in [5.74, 6) is 0. The lowest BCUT2D eigenvalue weighted by Crippen LogP contribution is -2.48. The molecule has 2 N–H and O–H groups in total. The summed E-state index contributed by atoms with van der Waals surface area (Å²) in [6, 6.07) is 7.36. The third-order valence-electron chi connectivity index (χ3n) is 3.92. The van der Waals surface area contributed by atoms with Crippen molar-refractivity contribution in [3.05, 3.63) is 29.8 Å². The average molecular weight is 296 g/mol. The van der Waals surface area contributed by atoms with Gasteiger partial charge in [0.1, 0.15) is 0 Å². The third kappa shape index (κ3) is 3.22. The Kier molecular flexibility index (Phi) is 4.83. The van der Waals surface area contributed by atoms with Gasteiger partial charge < -0.3 is 5.73 Å². The monoisotopic (exact) mass is 296 g/mol. The van der Waals surface area contributed by atoms with Crippen LogP contribution in [-0.2, 0) is 16.4 Å². The molecule has 1 aliphatic heterocycles. The molecule has 1 aromatic rings. The van der Waals surface area contributed by atoms with Gasteiger partial charge in [-0.1, -0.05) is 25.5 Å². The van der Waals surface area contributed by atoms with Crippen molar-refractivity contribution in [2.75, 3.05) is 6.54 Å². The van der Waals surface area contributed by atoms with Gasteiger partial charge in [0.15, 0.2) is 0 Å². The first-order chi connectivity index (χ1) is 9.45. The molecule has 1 aliphatic rings. The number of nitrogens with two attached hydrogens (primary N) is 1. The van der Waals surface area contributed by atoms with Gasteiger partial charge in [0.2, 0.25) is 10.0 Å². The van der Waals surface area contributed by atoms with Crippen molar-refractivity contribution in [3.63, 3.8) is 0 Å². The van der Waals surface area contributed by atoms with Crippen LogP contribution in [0.5, 0.6) is 0 Å². The van der Waals surface area contributed by atoms with Gasteiger partial charge in [-0.05, 0) is 43.9 Å². The zero-order valence-corrected chi connectivity index (χ0v) is 13.1. The summed E-state index contributed by atoms with van der Waals surface area (Å²) in [6.45, 7) is 4.56. The van der Waals surface area contributed by atoms with E-state index in [0.717, 1.165) is 25.7 Å². The highest BCUT2D eigenvalue weighted by Crippen LogP contribution is 2.25. The normalized spacial score (nSPS) is 24.8. The lowest BCUT2D eigenvalue weighted by atomic mass is 10.0. The minimum Gasteiger partial charge on any atom is -0.328 e. The highest BCUT2D eigenvalue weighted by molar-refractivity contribution is 7.89. The maximum absolute atomic E-state index is 12.7. The molecular weight excluding hydrogens is 272 g/mol. The Morgan fingerprint density at radius 3 is 2.50 bits per heavy atom. The molecule has 0 saturated carbocycles. The zero-order chi connectivity index (χ0) is 14.8. The van der Waals surface area contributed by atoms with E-state index in [1.54, 1.807) is 16.4 Å². The largest absolute Gasteiger partial charge is 0.328 e. The first kappa shape index (κ1) is 15.5. The van der Waals surface area contributed by atoms with Crippen molar-refractivity contribution in [1.82, 2.24) is 4.31 Å². The smallest absolute Gasteiger partial charge is 0.243 e. The van der Waals surface area contributed by atoms with E-state index < -0.39 is 10.0 Å². The van der Waals surface area contributed by atoms with Crippen molar-refractivity contribution in [2.45, 2.75) is 56.5 Å². The van der Waals surface area contributed by atoms with E-state index in [1.165, 1.54) is 5.56 Å². The molecule has 112 valence electrons. The van der Waals surface area contributed by atoms with Crippen LogP contribution in [0.15, 0.2) is 29.2 Å². The number of hydrogen-bond donors (Lipinski definition) is 1. The molecule has 20 heavy (non-hydrogen) atoms. The van der Waals surface area contributed by atoms with Gasteiger partial charge in [-0.2, -0.15) is 4.31 Å².